The molecule has 1 aliphatic heterocycles. The number of nitrogens with one attached hydrogen (secondary N) is 1. The predicted molar refractivity (Wildman–Crippen MR) is 82.2 cm³/mol. The van der Waals surface area contributed by atoms with Crippen molar-refractivity contribution in [1.29, 1.82) is 0 Å². The molecule has 122 valence electrons. The molecule has 3 heterocycles. The Labute approximate surface area is 133 Å². The van der Waals surface area contributed by atoms with Gasteiger partial charge in [-0.3, -0.25) is 4.79 Å². The highest BCUT2D eigenvalue weighted by Gasteiger charge is 2.33. The van der Waals surface area contributed by atoms with E-state index in [2.05, 4.69) is 20.3 Å². The molecule has 0 radical (unpaired) electrons. The van der Waals surface area contributed by atoms with Gasteiger partial charge >= 0.3 is 0 Å². The van der Waals surface area contributed by atoms with E-state index in [4.69, 9.17) is 9.15 Å². The number of carbonyl (C=O) groups excluding carboxylic acids is 1. The van der Waals surface area contributed by atoms with Gasteiger partial charge in [-0.15, -0.1) is 0 Å². The SMILES string of the molecule is CNc1cc(C)nc([C@H]2COCCN2C(=O)c2coc(C)n2)n1. The van der Waals surface area contributed by atoms with Gasteiger partial charge in [0.25, 0.3) is 5.91 Å². The second-order valence-electron chi connectivity index (χ2n) is 5.34. The van der Waals surface area contributed by atoms with Crippen LogP contribution in [0.1, 0.15) is 33.9 Å². The lowest BCUT2D eigenvalue weighted by molar-refractivity contribution is -0.00554. The fourth-order valence-corrected chi connectivity index (χ4v) is 2.54. The first kappa shape index (κ1) is 15.4. The Balaban J connectivity index is 1.92. The molecule has 1 amide bonds. The van der Waals surface area contributed by atoms with Crippen LogP contribution < -0.4 is 5.32 Å². The number of nitrogens with zero attached hydrogens (tertiary/aromatic N) is 4. The second-order valence-corrected chi connectivity index (χ2v) is 5.34. The number of carbonyl (C=O) groups is 1. The fourth-order valence-electron chi connectivity index (χ4n) is 2.54. The lowest BCUT2D eigenvalue weighted by Crippen LogP contribution is -2.44. The van der Waals surface area contributed by atoms with Crippen LogP contribution in [0, 0.1) is 13.8 Å². The number of rotatable bonds is 3. The highest BCUT2D eigenvalue weighted by molar-refractivity contribution is 5.92. The third-order valence-electron chi connectivity index (χ3n) is 3.65. The summed E-state index contributed by atoms with van der Waals surface area (Å²) < 4.78 is 10.7. The van der Waals surface area contributed by atoms with E-state index in [9.17, 15) is 4.79 Å². The number of anilines is 1. The summed E-state index contributed by atoms with van der Waals surface area (Å²) in [6.45, 7) is 4.89. The average Bonchev–Trinajstić information content (AvgIpc) is 3.00. The van der Waals surface area contributed by atoms with E-state index in [1.807, 2.05) is 13.0 Å². The number of oxazole rings is 1. The van der Waals surface area contributed by atoms with Crippen LogP contribution in [0.4, 0.5) is 5.82 Å². The van der Waals surface area contributed by atoms with E-state index in [-0.39, 0.29) is 17.6 Å². The van der Waals surface area contributed by atoms with Crippen LogP contribution in [0.3, 0.4) is 0 Å². The van der Waals surface area contributed by atoms with Crippen molar-refractivity contribution in [2.45, 2.75) is 19.9 Å². The molecule has 0 spiro atoms. The molecule has 0 bridgehead atoms. The Morgan fingerprint density at radius 1 is 1.35 bits per heavy atom. The zero-order chi connectivity index (χ0) is 16.4. The maximum Gasteiger partial charge on any atom is 0.276 e. The molecular formula is C15H19N5O3. The number of aryl methyl sites for hydroxylation is 2. The molecule has 1 N–H and O–H groups in total. The van der Waals surface area contributed by atoms with Crippen molar-refractivity contribution in [3.05, 3.63) is 35.4 Å². The minimum absolute atomic E-state index is 0.203. The van der Waals surface area contributed by atoms with Gasteiger partial charge in [0.15, 0.2) is 17.4 Å². The Hall–Kier alpha value is -2.48. The van der Waals surface area contributed by atoms with E-state index in [1.54, 1.807) is 18.9 Å². The van der Waals surface area contributed by atoms with Crippen molar-refractivity contribution >= 4 is 11.7 Å². The minimum atomic E-state index is -0.347. The number of morpholine rings is 1. The van der Waals surface area contributed by atoms with Gasteiger partial charge in [-0.1, -0.05) is 0 Å². The average molecular weight is 317 g/mol. The molecule has 0 saturated carbocycles. The van der Waals surface area contributed by atoms with Crippen molar-refractivity contribution in [3.8, 4) is 0 Å². The predicted octanol–water partition coefficient (Wildman–Crippen LogP) is 1.34. The Morgan fingerprint density at radius 2 is 2.17 bits per heavy atom. The number of hydrogen-bond donors (Lipinski definition) is 1. The summed E-state index contributed by atoms with van der Waals surface area (Å²) in [5, 5.41) is 3.00. The Bertz CT molecular complexity index is 715. The molecule has 2 aromatic rings. The summed E-state index contributed by atoms with van der Waals surface area (Å²) in [6, 6.07) is 1.50. The first-order valence-corrected chi connectivity index (χ1v) is 7.42. The van der Waals surface area contributed by atoms with Crippen LogP contribution in [-0.4, -0.2) is 52.6 Å². The molecule has 1 fully saturated rings. The van der Waals surface area contributed by atoms with Gasteiger partial charge in [-0.05, 0) is 6.92 Å². The van der Waals surface area contributed by atoms with Gasteiger partial charge in [-0.2, -0.15) is 0 Å². The summed E-state index contributed by atoms with van der Waals surface area (Å²) in [7, 11) is 1.80. The van der Waals surface area contributed by atoms with E-state index in [0.717, 1.165) is 5.69 Å². The number of amides is 1. The summed E-state index contributed by atoms with van der Waals surface area (Å²) in [5.41, 5.74) is 1.12. The van der Waals surface area contributed by atoms with Crippen molar-refractivity contribution in [1.82, 2.24) is 19.9 Å². The zero-order valence-corrected chi connectivity index (χ0v) is 13.4. The van der Waals surface area contributed by atoms with Gasteiger partial charge in [0.05, 0.1) is 13.2 Å². The third-order valence-corrected chi connectivity index (χ3v) is 3.65. The van der Waals surface area contributed by atoms with Crippen molar-refractivity contribution in [2.75, 3.05) is 32.1 Å². The van der Waals surface area contributed by atoms with Crippen LogP contribution in [0.15, 0.2) is 16.7 Å². The zero-order valence-electron chi connectivity index (χ0n) is 13.4. The molecule has 3 rings (SSSR count). The normalized spacial score (nSPS) is 18.0. The van der Waals surface area contributed by atoms with Crippen molar-refractivity contribution < 1.29 is 13.9 Å². The molecule has 0 aliphatic carbocycles. The Morgan fingerprint density at radius 3 is 2.87 bits per heavy atom. The van der Waals surface area contributed by atoms with Gasteiger partial charge in [0.2, 0.25) is 0 Å². The molecule has 2 aromatic heterocycles. The molecule has 8 nitrogen and oxygen atoms in total. The molecule has 1 atom stereocenters. The maximum absolute atomic E-state index is 12.7. The summed E-state index contributed by atoms with van der Waals surface area (Å²) in [6.07, 6.45) is 1.38. The van der Waals surface area contributed by atoms with Gasteiger partial charge in [0, 0.05) is 32.3 Å². The van der Waals surface area contributed by atoms with Gasteiger partial charge in [0.1, 0.15) is 18.1 Å². The van der Waals surface area contributed by atoms with Gasteiger partial charge in [-0.25, -0.2) is 15.0 Å². The highest BCUT2D eigenvalue weighted by Crippen LogP contribution is 2.24. The van der Waals surface area contributed by atoms with Crippen molar-refractivity contribution in [2.24, 2.45) is 0 Å². The van der Waals surface area contributed by atoms with E-state index in [1.165, 1.54) is 6.26 Å². The summed E-state index contributed by atoms with van der Waals surface area (Å²) in [4.78, 5) is 27.5. The number of hydrogen-bond acceptors (Lipinski definition) is 7. The quantitative estimate of drug-likeness (QED) is 0.913. The maximum atomic E-state index is 12.7. The van der Waals surface area contributed by atoms with E-state index < -0.39 is 0 Å². The monoisotopic (exact) mass is 317 g/mol. The second kappa shape index (κ2) is 6.33. The molecule has 1 aliphatic rings. The highest BCUT2D eigenvalue weighted by atomic mass is 16.5. The van der Waals surface area contributed by atoms with Crippen molar-refractivity contribution in [3.63, 3.8) is 0 Å². The number of ether oxygens (including phenoxy) is 1. The lowest BCUT2D eigenvalue weighted by atomic mass is 10.2. The Kier molecular flexibility index (Phi) is 4.24. The third kappa shape index (κ3) is 3.16. The van der Waals surface area contributed by atoms with Gasteiger partial charge < -0.3 is 19.4 Å². The minimum Gasteiger partial charge on any atom is -0.448 e. The molecule has 1 saturated heterocycles. The molecule has 8 heteroatoms. The smallest absolute Gasteiger partial charge is 0.276 e. The first-order chi connectivity index (χ1) is 11.1. The summed E-state index contributed by atoms with van der Waals surface area (Å²) in [5.74, 6) is 1.53. The van der Waals surface area contributed by atoms with E-state index in [0.29, 0.717) is 37.3 Å². The molecule has 0 unspecified atom stereocenters. The van der Waals surface area contributed by atoms with Crippen LogP contribution >= 0.6 is 0 Å². The largest absolute Gasteiger partial charge is 0.448 e. The molecular weight excluding hydrogens is 298 g/mol. The number of aromatic nitrogens is 3. The topological polar surface area (TPSA) is 93.4 Å². The van der Waals surface area contributed by atoms with Crippen LogP contribution in [0.2, 0.25) is 0 Å². The lowest BCUT2D eigenvalue weighted by Gasteiger charge is -2.34. The molecule has 23 heavy (non-hydrogen) atoms. The summed E-state index contributed by atoms with van der Waals surface area (Å²) >= 11 is 0. The first-order valence-electron chi connectivity index (χ1n) is 7.42. The standard InChI is InChI=1S/C15H19N5O3/c1-9-6-13(16-3)19-14(17-9)12-8-22-5-4-20(12)15(21)11-7-23-10(2)18-11/h6-7,12H,4-5,8H2,1-3H3,(H,16,17,19)/t12-/m1/s1. The molecule has 0 aromatic carbocycles. The van der Waals surface area contributed by atoms with Crippen LogP contribution in [0.5, 0.6) is 0 Å². The fraction of sp³-hybridized carbons (Fsp3) is 0.467. The van der Waals surface area contributed by atoms with E-state index >= 15 is 0 Å². The van der Waals surface area contributed by atoms with Crippen LogP contribution in [0.25, 0.3) is 0 Å². The van der Waals surface area contributed by atoms with Crippen LogP contribution in [-0.2, 0) is 4.74 Å².